The lowest BCUT2D eigenvalue weighted by Gasteiger charge is -2.14. The average Bonchev–Trinajstić information content (AvgIpc) is 2.30. The fourth-order valence-corrected chi connectivity index (χ4v) is 1.28. The van der Waals surface area contributed by atoms with Crippen molar-refractivity contribution in [2.24, 2.45) is 0 Å². The SMILES string of the molecule is CCCCOCCCNCC(O)COC(C)C. The van der Waals surface area contributed by atoms with Crippen LogP contribution in [0.15, 0.2) is 0 Å². The quantitative estimate of drug-likeness (QED) is 0.514. The summed E-state index contributed by atoms with van der Waals surface area (Å²) in [5.41, 5.74) is 0. The molecule has 0 aliphatic carbocycles. The molecule has 0 heterocycles. The number of unbranched alkanes of at least 4 members (excludes halogenated alkanes) is 1. The Balaban J connectivity index is 3.11. The van der Waals surface area contributed by atoms with Gasteiger partial charge in [0.05, 0.1) is 18.8 Å². The highest BCUT2D eigenvalue weighted by atomic mass is 16.5. The van der Waals surface area contributed by atoms with Crippen LogP contribution in [0.25, 0.3) is 0 Å². The van der Waals surface area contributed by atoms with Gasteiger partial charge in [-0.25, -0.2) is 0 Å². The van der Waals surface area contributed by atoms with Gasteiger partial charge >= 0.3 is 0 Å². The van der Waals surface area contributed by atoms with Gasteiger partial charge in [0.25, 0.3) is 0 Å². The Hall–Kier alpha value is -0.160. The third-order valence-corrected chi connectivity index (χ3v) is 2.29. The average molecular weight is 247 g/mol. The lowest BCUT2D eigenvalue weighted by Crippen LogP contribution is -2.32. The highest BCUT2D eigenvalue weighted by Crippen LogP contribution is 1.91. The zero-order valence-electron chi connectivity index (χ0n) is 11.6. The van der Waals surface area contributed by atoms with Gasteiger partial charge in [-0.15, -0.1) is 0 Å². The lowest BCUT2D eigenvalue weighted by molar-refractivity contribution is 0.00627. The number of hydrogen-bond acceptors (Lipinski definition) is 4. The van der Waals surface area contributed by atoms with Crippen LogP contribution in [0, 0.1) is 0 Å². The molecule has 4 heteroatoms. The van der Waals surface area contributed by atoms with Crippen molar-refractivity contribution in [1.82, 2.24) is 5.32 Å². The van der Waals surface area contributed by atoms with Gasteiger partial charge in [0.2, 0.25) is 0 Å². The molecule has 0 aromatic heterocycles. The van der Waals surface area contributed by atoms with E-state index >= 15 is 0 Å². The molecule has 0 radical (unpaired) electrons. The third kappa shape index (κ3) is 13.8. The molecule has 17 heavy (non-hydrogen) atoms. The summed E-state index contributed by atoms with van der Waals surface area (Å²) in [4.78, 5) is 0. The predicted molar refractivity (Wildman–Crippen MR) is 70.3 cm³/mol. The molecule has 1 unspecified atom stereocenters. The second kappa shape index (κ2) is 12.3. The van der Waals surface area contributed by atoms with Crippen molar-refractivity contribution >= 4 is 0 Å². The summed E-state index contributed by atoms with van der Waals surface area (Å²) in [6.45, 7) is 9.62. The summed E-state index contributed by atoms with van der Waals surface area (Å²) < 4.78 is 10.7. The molecule has 0 amide bonds. The van der Waals surface area contributed by atoms with Crippen molar-refractivity contribution < 1.29 is 14.6 Å². The Kier molecular flexibility index (Phi) is 12.2. The van der Waals surface area contributed by atoms with Crippen molar-refractivity contribution in [1.29, 1.82) is 0 Å². The highest BCUT2D eigenvalue weighted by molar-refractivity contribution is 4.58. The Morgan fingerprint density at radius 1 is 1.18 bits per heavy atom. The molecule has 104 valence electrons. The van der Waals surface area contributed by atoms with E-state index in [4.69, 9.17) is 9.47 Å². The molecule has 0 saturated carbocycles. The highest BCUT2D eigenvalue weighted by Gasteiger charge is 2.04. The van der Waals surface area contributed by atoms with Crippen LogP contribution in [0.5, 0.6) is 0 Å². The van der Waals surface area contributed by atoms with Crippen LogP contribution in [-0.4, -0.2) is 50.2 Å². The van der Waals surface area contributed by atoms with E-state index in [9.17, 15) is 5.11 Å². The molecule has 0 saturated heterocycles. The van der Waals surface area contributed by atoms with E-state index in [1.165, 1.54) is 6.42 Å². The summed E-state index contributed by atoms with van der Waals surface area (Å²) in [5.74, 6) is 0. The summed E-state index contributed by atoms with van der Waals surface area (Å²) >= 11 is 0. The molecule has 0 aromatic carbocycles. The van der Waals surface area contributed by atoms with Gasteiger partial charge in [-0.2, -0.15) is 0 Å². The largest absolute Gasteiger partial charge is 0.389 e. The first-order chi connectivity index (χ1) is 8.16. The van der Waals surface area contributed by atoms with Gasteiger partial charge in [-0.05, 0) is 33.2 Å². The van der Waals surface area contributed by atoms with Gasteiger partial charge in [0.1, 0.15) is 0 Å². The minimum atomic E-state index is -0.418. The van der Waals surface area contributed by atoms with Gasteiger partial charge < -0.3 is 19.9 Å². The van der Waals surface area contributed by atoms with E-state index in [0.29, 0.717) is 13.2 Å². The summed E-state index contributed by atoms with van der Waals surface area (Å²) in [6.07, 6.45) is 3.07. The molecule has 0 spiro atoms. The number of aliphatic hydroxyl groups is 1. The molecule has 0 aliphatic rings. The van der Waals surface area contributed by atoms with Crippen molar-refractivity contribution in [3.05, 3.63) is 0 Å². The van der Waals surface area contributed by atoms with E-state index in [1.54, 1.807) is 0 Å². The molecule has 4 nitrogen and oxygen atoms in total. The topological polar surface area (TPSA) is 50.7 Å². The molecular formula is C13H29NO3. The molecular weight excluding hydrogens is 218 g/mol. The lowest BCUT2D eigenvalue weighted by atomic mass is 10.3. The Morgan fingerprint density at radius 2 is 1.88 bits per heavy atom. The fraction of sp³-hybridized carbons (Fsp3) is 1.00. The molecule has 0 fully saturated rings. The monoisotopic (exact) mass is 247 g/mol. The van der Waals surface area contributed by atoms with Crippen LogP contribution in [0.4, 0.5) is 0 Å². The molecule has 0 rings (SSSR count). The smallest absolute Gasteiger partial charge is 0.0897 e. The van der Waals surface area contributed by atoms with Crippen LogP contribution in [0.2, 0.25) is 0 Å². The maximum Gasteiger partial charge on any atom is 0.0897 e. The summed E-state index contributed by atoms with van der Waals surface area (Å²) in [5, 5.41) is 12.7. The van der Waals surface area contributed by atoms with Crippen molar-refractivity contribution in [3.8, 4) is 0 Å². The van der Waals surface area contributed by atoms with Gasteiger partial charge in [0.15, 0.2) is 0 Å². The van der Waals surface area contributed by atoms with Crippen LogP contribution in [0.3, 0.4) is 0 Å². The fourth-order valence-electron chi connectivity index (χ4n) is 1.28. The van der Waals surface area contributed by atoms with Gasteiger partial charge in [-0.1, -0.05) is 13.3 Å². The zero-order chi connectivity index (χ0) is 12.9. The summed E-state index contributed by atoms with van der Waals surface area (Å²) in [7, 11) is 0. The van der Waals surface area contributed by atoms with Gasteiger partial charge in [-0.3, -0.25) is 0 Å². The van der Waals surface area contributed by atoms with E-state index in [-0.39, 0.29) is 6.10 Å². The predicted octanol–water partition coefficient (Wildman–Crippen LogP) is 1.57. The normalized spacial score (nSPS) is 13.2. The minimum absolute atomic E-state index is 0.177. The maximum absolute atomic E-state index is 9.55. The molecule has 0 aromatic rings. The Labute approximate surface area is 106 Å². The van der Waals surface area contributed by atoms with E-state index < -0.39 is 6.10 Å². The second-order valence-corrected chi connectivity index (χ2v) is 4.56. The Bertz CT molecular complexity index is 154. The number of rotatable bonds is 12. The molecule has 0 aliphatic heterocycles. The molecule has 0 bridgehead atoms. The zero-order valence-corrected chi connectivity index (χ0v) is 11.6. The van der Waals surface area contributed by atoms with Crippen molar-refractivity contribution in [2.75, 3.05) is 32.9 Å². The van der Waals surface area contributed by atoms with Gasteiger partial charge in [0, 0.05) is 19.8 Å². The van der Waals surface area contributed by atoms with Crippen LogP contribution in [-0.2, 0) is 9.47 Å². The van der Waals surface area contributed by atoms with E-state index in [2.05, 4.69) is 12.2 Å². The molecule has 2 N–H and O–H groups in total. The minimum Gasteiger partial charge on any atom is -0.389 e. The number of aliphatic hydroxyl groups excluding tert-OH is 1. The van der Waals surface area contributed by atoms with Crippen LogP contribution in [0.1, 0.15) is 40.0 Å². The van der Waals surface area contributed by atoms with E-state index in [1.807, 2.05) is 13.8 Å². The first-order valence-electron chi connectivity index (χ1n) is 6.75. The molecule has 1 atom stereocenters. The standard InChI is InChI=1S/C13H29NO3/c1-4-5-8-16-9-6-7-14-10-13(15)11-17-12(2)3/h12-15H,4-11H2,1-3H3. The number of hydrogen-bond donors (Lipinski definition) is 2. The third-order valence-electron chi connectivity index (χ3n) is 2.29. The second-order valence-electron chi connectivity index (χ2n) is 4.56. The summed E-state index contributed by atoms with van der Waals surface area (Å²) in [6, 6.07) is 0. The van der Waals surface area contributed by atoms with Crippen molar-refractivity contribution in [2.45, 2.75) is 52.2 Å². The maximum atomic E-state index is 9.55. The first kappa shape index (κ1) is 16.8. The van der Waals surface area contributed by atoms with Crippen LogP contribution < -0.4 is 5.32 Å². The van der Waals surface area contributed by atoms with E-state index in [0.717, 1.165) is 32.6 Å². The van der Waals surface area contributed by atoms with Crippen LogP contribution >= 0.6 is 0 Å². The number of nitrogens with one attached hydrogen (secondary N) is 1. The first-order valence-corrected chi connectivity index (χ1v) is 6.75. The number of ether oxygens (including phenoxy) is 2. The van der Waals surface area contributed by atoms with Crippen molar-refractivity contribution in [3.63, 3.8) is 0 Å². The Morgan fingerprint density at radius 3 is 2.53 bits per heavy atom.